The maximum Gasteiger partial charge on any atom is 0.255 e. The van der Waals surface area contributed by atoms with Crippen LogP contribution in [0.2, 0.25) is 0 Å². The van der Waals surface area contributed by atoms with Gasteiger partial charge in [0.25, 0.3) is 5.91 Å². The van der Waals surface area contributed by atoms with Crippen LogP contribution in [0.1, 0.15) is 58.6 Å². The van der Waals surface area contributed by atoms with E-state index in [0.717, 1.165) is 12.8 Å². The molecule has 5 nitrogen and oxygen atoms in total. The van der Waals surface area contributed by atoms with Gasteiger partial charge in [0.1, 0.15) is 0 Å². The van der Waals surface area contributed by atoms with Gasteiger partial charge in [-0.15, -0.1) is 0 Å². The third-order valence-corrected chi connectivity index (χ3v) is 5.42. The first kappa shape index (κ1) is 20.3. The fourth-order valence-electron chi connectivity index (χ4n) is 3.77. The van der Waals surface area contributed by atoms with Crippen molar-refractivity contribution < 1.29 is 9.59 Å². The maximum absolute atomic E-state index is 12.7. The third-order valence-electron chi connectivity index (χ3n) is 5.42. The minimum atomic E-state index is -0.326. The van der Waals surface area contributed by atoms with E-state index in [9.17, 15) is 9.59 Å². The van der Waals surface area contributed by atoms with E-state index < -0.39 is 0 Å². The normalized spacial score (nSPS) is 16.2. The lowest BCUT2D eigenvalue weighted by Crippen LogP contribution is -2.52. The molecule has 0 spiro atoms. The lowest BCUT2D eigenvalue weighted by atomic mass is 10.0. The van der Waals surface area contributed by atoms with E-state index in [-0.39, 0.29) is 29.8 Å². The van der Waals surface area contributed by atoms with Crippen molar-refractivity contribution >= 4 is 22.6 Å². The van der Waals surface area contributed by atoms with Gasteiger partial charge >= 0.3 is 0 Å². The number of nitrogens with one attached hydrogen (secondary N) is 2. The number of hydrogen-bond acceptors (Lipinski definition) is 3. The summed E-state index contributed by atoms with van der Waals surface area (Å²) in [6, 6.07) is 15.0. The smallest absolute Gasteiger partial charge is 0.255 e. The van der Waals surface area contributed by atoms with Gasteiger partial charge in [-0.25, -0.2) is 0 Å². The standard InChI is InChI=1S/C23H31N3O2/c1-15(2)13-22(27)24-25-23(28)17(4)26(21-11-12-21)16(3)19-10-9-18-7-5-6-8-20(18)14-19/h5-10,14-17,21H,11-13H2,1-4H3,(H,24,27)(H,25,28). The van der Waals surface area contributed by atoms with Gasteiger partial charge in [0.05, 0.1) is 6.04 Å². The first-order valence-electron chi connectivity index (χ1n) is 10.2. The minimum Gasteiger partial charge on any atom is -0.282 e. The van der Waals surface area contributed by atoms with E-state index in [4.69, 9.17) is 0 Å². The van der Waals surface area contributed by atoms with Crippen molar-refractivity contribution in [1.82, 2.24) is 15.8 Å². The van der Waals surface area contributed by atoms with E-state index in [1.54, 1.807) is 0 Å². The second kappa shape index (κ2) is 8.74. The monoisotopic (exact) mass is 381 g/mol. The summed E-state index contributed by atoms with van der Waals surface area (Å²) in [7, 11) is 0. The van der Waals surface area contributed by atoms with Gasteiger partial charge in [-0.1, -0.05) is 50.2 Å². The zero-order chi connectivity index (χ0) is 20.3. The van der Waals surface area contributed by atoms with Crippen LogP contribution in [0.5, 0.6) is 0 Å². The summed E-state index contributed by atoms with van der Waals surface area (Å²) in [5.41, 5.74) is 6.36. The summed E-state index contributed by atoms with van der Waals surface area (Å²) in [6.07, 6.45) is 2.61. The van der Waals surface area contributed by atoms with Crippen molar-refractivity contribution in [3.8, 4) is 0 Å². The average Bonchev–Trinajstić information content (AvgIpc) is 3.50. The molecule has 1 aliphatic rings. The number of hydrogen-bond donors (Lipinski definition) is 2. The quantitative estimate of drug-likeness (QED) is 0.714. The molecule has 1 aliphatic carbocycles. The Kier molecular flexibility index (Phi) is 6.35. The number of amides is 2. The van der Waals surface area contributed by atoms with Crippen LogP contribution in [0.3, 0.4) is 0 Å². The van der Waals surface area contributed by atoms with Crippen molar-refractivity contribution in [3.63, 3.8) is 0 Å². The van der Waals surface area contributed by atoms with Crippen molar-refractivity contribution in [2.75, 3.05) is 0 Å². The molecule has 0 radical (unpaired) electrons. The van der Waals surface area contributed by atoms with Gasteiger partial charge in [-0.2, -0.15) is 0 Å². The number of carbonyl (C=O) groups is 2. The van der Waals surface area contributed by atoms with Crippen LogP contribution in [0, 0.1) is 5.92 Å². The Morgan fingerprint density at radius 3 is 2.32 bits per heavy atom. The van der Waals surface area contributed by atoms with E-state index in [2.05, 4.69) is 53.0 Å². The molecular formula is C23H31N3O2. The summed E-state index contributed by atoms with van der Waals surface area (Å²) in [5, 5.41) is 2.43. The Balaban J connectivity index is 1.70. The highest BCUT2D eigenvalue weighted by Gasteiger charge is 2.38. The lowest BCUT2D eigenvalue weighted by Gasteiger charge is -2.34. The molecule has 5 heteroatoms. The molecular weight excluding hydrogens is 350 g/mol. The fourth-order valence-corrected chi connectivity index (χ4v) is 3.77. The fraction of sp³-hybridized carbons (Fsp3) is 0.478. The van der Waals surface area contributed by atoms with Crippen molar-refractivity contribution in [2.24, 2.45) is 5.92 Å². The van der Waals surface area contributed by atoms with Crippen LogP contribution < -0.4 is 10.9 Å². The van der Waals surface area contributed by atoms with Crippen LogP contribution in [-0.2, 0) is 9.59 Å². The van der Waals surface area contributed by atoms with Crippen LogP contribution in [0.25, 0.3) is 10.8 Å². The Hall–Kier alpha value is -2.40. The SMILES string of the molecule is CC(C)CC(=O)NNC(=O)C(C)N(C1CC1)C(C)c1ccc2ccccc2c1. The summed E-state index contributed by atoms with van der Waals surface area (Å²) < 4.78 is 0. The molecule has 1 fully saturated rings. The number of rotatable bonds is 7. The van der Waals surface area contributed by atoms with Gasteiger partial charge < -0.3 is 0 Å². The highest BCUT2D eigenvalue weighted by molar-refractivity contribution is 5.85. The number of fused-ring (bicyclic) bond motifs is 1. The summed E-state index contributed by atoms with van der Waals surface area (Å²) >= 11 is 0. The predicted octanol–water partition coefficient (Wildman–Crippen LogP) is 3.95. The van der Waals surface area contributed by atoms with Gasteiger partial charge in [-0.3, -0.25) is 25.3 Å². The molecule has 0 saturated heterocycles. The molecule has 0 bridgehead atoms. The first-order valence-corrected chi connectivity index (χ1v) is 10.2. The molecule has 0 aliphatic heterocycles. The lowest BCUT2D eigenvalue weighted by molar-refractivity contribution is -0.132. The van der Waals surface area contributed by atoms with Crippen LogP contribution in [0.15, 0.2) is 42.5 Å². The van der Waals surface area contributed by atoms with E-state index in [1.807, 2.05) is 32.9 Å². The molecule has 2 aromatic rings. The number of benzene rings is 2. The summed E-state index contributed by atoms with van der Waals surface area (Å²) in [6.45, 7) is 8.03. The average molecular weight is 382 g/mol. The molecule has 150 valence electrons. The number of nitrogens with zero attached hydrogens (tertiary/aromatic N) is 1. The zero-order valence-corrected chi connectivity index (χ0v) is 17.2. The topological polar surface area (TPSA) is 61.4 Å². The second-order valence-corrected chi connectivity index (χ2v) is 8.27. The molecule has 2 amide bonds. The molecule has 2 aromatic carbocycles. The molecule has 2 N–H and O–H groups in total. The first-order chi connectivity index (χ1) is 13.4. The predicted molar refractivity (Wildman–Crippen MR) is 112 cm³/mol. The van der Waals surface area contributed by atoms with Gasteiger partial charge in [-0.05, 0) is 55.0 Å². The number of hydrazine groups is 1. The Labute approximate surface area is 167 Å². The van der Waals surface area contributed by atoms with Crippen LogP contribution >= 0.6 is 0 Å². The van der Waals surface area contributed by atoms with Crippen LogP contribution in [-0.4, -0.2) is 28.8 Å². The molecule has 2 unspecified atom stereocenters. The molecule has 2 atom stereocenters. The highest BCUT2D eigenvalue weighted by atomic mass is 16.2. The molecule has 3 rings (SSSR count). The molecule has 28 heavy (non-hydrogen) atoms. The van der Waals surface area contributed by atoms with Crippen molar-refractivity contribution in [1.29, 1.82) is 0 Å². The van der Waals surface area contributed by atoms with E-state index in [0.29, 0.717) is 12.5 Å². The number of carbonyl (C=O) groups excluding carboxylic acids is 2. The zero-order valence-electron chi connectivity index (χ0n) is 17.2. The van der Waals surface area contributed by atoms with Gasteiger partial charge in [0, 0.05) is 18.5 Å². The molecule has 0 heterocycles. The van der Waals surface area contributed by atoms with Gasteiger partial charge in [0.2, 0.25) is 5.91 Å². The summed E-state index contributed by atoms with van der Waals surface area (Å²) in [5.74, 6) is -0.0713. The van der Waals surface area contributed by atoms with Crippen LogP contribution in [0.4, 0.5) is 0 Å². The largest absolute Gasteiger partial charge is 0.282 e. The Morgan fingerprint density at radius 2 is 1.68 bits per heavy atom. The van der Waals surface area contributed by atoms with E-state index >= 15 is 0 Å². The Bertz CT molecular complexity index is 845. The van der Waals surface area contributed by atoms with Crippen molar-refractivity contribution in [2.45, 2.75) is 65.1 Å². The van der Waals surface area contributed by atoms with E-state index in [1.165, 1.54) is 16.3 Å². The van der Waals surface area contributed by atoms with Crippen molar-refractivity contribution in [3.05, 3.63) is 48.0 Å². The molecule has 0 aromatic heterocycles. The summed E-state index contributed by atoms with van der Waals surface area (Å²) in [4.78, 5) is 26.8. The highest BCUT2D eigenvalue weighted by Crippen LogP contribution is 2.36. The van der Waals surface area contributed by atoms with Gasteiger partial charge in [0.15, 0.2) is 0 Å². The maximum atomic E-state index is 12.7. The Morgan fingerprint density at radius 1 is 1.00 bits per heavy atom. The molecule has 1 saturated carbocycles. The minimum absolute atomic E-state index is 0.115. The third kappa shape index (κ3) is 4.90. The second-order valence-electron chi connectivity index (χ2n) is 8.27.